The Hall–Kier alpha value is -3.03. The number of rotatable bonds is 6. The van der Waals surface area contributed by atoms with Gasteiger partial charge in [-0.25, -0.2) is 15.0 Å². The van der Waals surface area contributed by atoms with E-state index in [4.69, 9.17) is 10.1 Å². The van der Waals surface area contributed by atoms with Crippen LogP contribution in [0, 0.1) is 6.92 Å². The van der Waals surface area contributed by atoms with Crippen LogP contribution in [0.25, 0.3) is 10.3 Å². The summed E-state index contributed by atoms with van der Waals surface area (Å²) >= 11 is 1.49. The molecule has 0 amide bonds. The van der Waals surface area contributed by atoms with E-state index in [2.05, 4.69) is 51.4 Å². The van der Waals surface area contributed by atoms with Gasteiger partial charge in [-0.15, -0.1) is 0 Å². The van der Waals surface area contributed by atoms with E-state index in [0.29, 0.717) is 12.2 Å². The van der Waals surface area contributed by atoms with Crippen LogP contribution < -0.4 is 10.2 Å². The fourth-order valence-electron chi connectivity index (χ4n) is 2.89. The second kappa shape index (κ2) is 7.92. The van der Waals surface area contributed by atoms with Crippen molar-refractivity contribution in [3.05, 3.63) is 65.9 Å². The highest BCUT2D eigenvalue weighted by atomic mass is 32.1. The van der Waals surface area contributed by atoms with Gasteiger partial charge in [-0.05, 0) is 55.3 Å². The Morgan fingerprint density at radius 1 is 1.07 bits per heavy atom. The SMILES string of the molecule is Cc1ccc(N(C)c2ccc3nc(Nc4cc(CCO)ccn4)sc3n2)cc1. The van der Waals surface area contributed by atoms with Crippen LogP contribution in [0.4, 0.5) is 22.5 Å². The highest BCUT2D eigenvalue weighted by Crippen LogP contribution is 2.30. The number of pyridine rings is 2. The molecule has 0 saturated heterocycles. The van der Waals surface area contributed by atoms with Crippen molar-refractivity contribution in [1.82, 2.24) is 15.0 Å². The van der Waals surface area contributed by atoms with Crippen molar-refractivity contribution in [2.75, 3.05) is 23.9 Å². The van der Waals surface area contributed by atoms with Crippen LogP contribution >= 0.6 is 11.3 Å². The van der Waals surface area contributed by atoms with E-state index in [1.807, 2.05) is 31.3 Å². The van der Waals surface area contributed by atoms with E-state index in [-0.39, 0.29) is 6.61 Å². The van der Waals surface area contributed by atoms with Crippen LogP contribution in [-0.4, -0.2) is 33.7 Å². The maximum atomic E-state index is 9.10. The molecule has 0 fully saturated rings. The lowest BCUT2D eigenvalue weighted by atomic mass is 10.2. The quantitative estimate of drug-likeness (QED) is 0.506. The van der Waals surface area contributed by atoms with Gasteiger partial charge in [0.05, 0.1) is 0 Å². The van der Waals surface area contributed by atoms with Gasteiger partial charge < -0.3 is 15.3 Å². The summed E-state index contributed by atoms with van der Waals surface area (Å²) in [4.78, 5) is 16.6. The predicted molar refractivity (Wildman–Crippen MR) is 115 cm³/mol. The molecule has 4 aromatic rings. The zero-order valence-corrected chi connectivity index (χ0v) is 16.6. The Bertz CT molecular complexity index is 1090. The fraction of sp³-hybridized carbons (Fsp3) is 0.190. The molecule has 1 aromatic carbocycles. The summed E-state index contributed by atoms with van der Waals surface area (Å²) in [6.07, 6.45) is 2.33. The van der Waals surface area contributed by atoms with E-state index in [1.165, 1.54) is 16.9 Å². The molecule has 28 heavy (non-hydrogen) atoms. The maximum Gasteiger partial charge on any atom is 0.190 e. The van der Waals surface area contributed by atoms with Crippen molar-refractivity contribution in [2.45, 2.75) is 13.3 Å². The number of hydrogen-bond acceptors (Lipinski definition) is 7. The standard InChI is InChI=1S/C21H21N5OS/c1-14-3-5-16(6-4-14)26(2)19-8-7-17-20(25-19)28-21(23-17)24-18-13-15(10-12-27)9-11-22-18/h3-9,11,13,27H,10,12H2,1-2H3,(H,22,23,24). The summed E-state index contributed by atoms with van der Waals surface area (Å²) in [6, 6.07) is 16.2. The summed E-state index contributed by atoms with van der Waals surface area (Å²) in [5.74, 6) is 1.58. The average Bonchev–Trinajstić information content (AvgIpc) is 3.10. The third-order valence-corrected chi connectivity index (χ3v) is 5.35. The molecule has 7 heteroatoms. The van der Waals surface area contributed by atoms with Crippen LogP contribution in [0.3, 0.4) is 0 Å². The average molecular weight is 392 g/mol. The summed E-state index contributed by atoms with van der Waals surface area (Å²) in [5.41, 5.74) is 4.20. The van der Waals surface area contributed by atoms with Gasteiger partial charge >= 0.3 is 0 Å². The second-order valence-electron chi connectivity index (χ2n) is 6.56. The van der Waals surface area contributed by atoms with Crippen molar-refractivity contribution >= 4 is 44.1 Å². The number of aliphatic hydroxyl groups is 1. The number of anilines is 4. The largest absolute Gasteiger partial charge is 0.396 e. The number of hydrogen-bond donors (Lipinski definition) is 2. The highest BCUT2D eigenvalue weighted by molar-refractivity contribution is 7.21. The minimum absolute atomic E-state index is 0.117. The molecule has 142 valence electrons. The van der Waals surface area contributed by atoms with Crippen molar-refractivity contribution in [3.8, 4) is 0 Å². The van der Waals surface area contributed by atoms with Crippen molar-refractivity contribution < 1.29 is 5.11 Å². The highest BCUT2D eigenvalue weighted by Gasteiger charge is 2.11. The molecule has 0 saturated carbocycles. The van der Waals surface area contributed by atoms with Gasteiger partial charge in [-0.3, -0.25) is 0 Å². The summed E-state index contributed by atoms with van der Waals surface area (Å²) in [7, 11) is 2.01. The first kappa shape index (κ1) is 18.3. The maximum absolute atomic E-state index is 9.10. The van der Waals surface area contributed by atoms with Gasteiger partial charge in [0.1, 0.15) is 22.0 Å². The van der Waals surface area contributed by atoms with Gasteiger partial charge in [-0.2, -0.15) is 0 Å². The van der Waals surface area contributed by atoms with Crippen LogP contribution in [0.15, 0.2) is 54.7 Å². The zero-order chi connectivity index (χ0) is 19.5. The molecule has 3 aromatic heterocycles. The normalized spacial score (nSPS) is 11.0. The topological polar surface area (TPSA) is 74.2 Å². The second-order valence-corrected chi connectivity index (χ2v) is 7.53. The number of aliphatic hydroxyl groups excluding tert-OH is 1. The van der Waals surface area contributed by atoms with E-state index in [0.717, 1.165) is 32.5 Å². The first-order chi connectivity index (χ1) is 13.6. The van der Waals surface area contributed by atoms with Gasteiger partial charge in [0.25, 0.3) is 0 Å². The molecule has 0 radical (unpaired) electrons. The number of nitrogens with one attached hydrogen (secondary N) is 1. The number of aryl methyl sites for hydroxylation is 1. The first-order valence-corrected chi connectivity index (χ1v) is 9.85. The minimum Gasteiger partial charge on any atom is -0.396 e. The lowest BCUT2D eigenvalue weighted by Gasteiger charge is -2.18. The Morgan fingerprint density at radius 3 is 2.68 bits per heavy atom. The molecule has 0 aliphatic carbocycles. The van der Waals surface area contributed by atoms with Crippen LogP contribution in [0.2, 0.25) is 0 Å². The van der Waals surface area contributed by atoms with Crippen molar-refractivity contribution in [3.63, 3.8) is 0 Å². The third kappa shape index (κ3) is 3.95. The number of nitrogens with zero attached hydrogens (tertiary/aromatic N) is 4. The minimum atomic E-state index is 0.117. The predicted octanol–water partition coefficient (Wildman–Crippen LogP) is 4.44. The van der Waals surface area contributed by atoms with Gasteiger partial charge in [0, 0.05) is 25.5 Å². The van der Waals surface area contributed by atoms with Gasteiger partial charge in [0.2, 0.25) is 0 Å². The number of fused-ring (bicyclic) bond motifs is 1. The van der Waals surface area contributed by atoms with Crippen LogP contribution in [0.5, 0.6) is 0 Å². The van der Waals surface area contributed by atoms with Crippen molar-refractivity contribution in [1.29, 1.82) is 0 Å². The van der Waals surface area contributed by atoms with E-state index >= 15 is 0 Å². The number of benzene rings is 1. The first-order valence-electron chi connectivity index (χ1n) is 9.03. The van der Waals surface area contributed by atoms with Gasteiger partial charge in [0.15, 0.2) is 5.13 Å². The zero-order valence-electron chi connectivity index (χ0n) is 15.8. The lowest BCUT2D eigenvalue weighted by molar-refractivity contribution is 0.299. The third-order valence-electron chi connectivity index (χ3n) is 4.47. The van der Waals surface area contributed by atoms with E-state index in [9.17, 15) is 0 Å². The Labute approximate surface area is 167 Å². The van der Waals surface area contributed by atoms with Gasteiger partial charge in [-0.1, -0.05) is 29.0 Å². The summed E-state index contributed by atoms with van der Waals surface area (Å²) < 4.78 is 0. The molecule has 0 atom stereocenters. The Balaban J connectivity index is 1.58. The van der Waals surface area contributed by atoms with E-state index < -0.39 is 0 Å². The lowest BCUT2D eigenvalue weighted by Crippen LogP contribution is -2.10. The smallest absolute Gasteiger partial charge is 0.190 e. The summed E-state index contributed by atoms with van der Waals surface area (Å²) in [5, 5.41) is 13.1. The van der Waals surface area contributed by atoms with Crippen LogP contribution in [-0.2, 0) is 6.42 Å². The molecule has 0 spiro atoms. The monoisotopic (exact) mass is 391 g/mol. The molecule has 6 nitrogen and oxygen atoms in total. The summed E-state index contributed by atoms with van der Waals surface area (Å²) in [6.45, 7) is 2.19. The number of aromatic nitrogens is 3. The fourth-order valence-corrected chi connectivity index (χ4v) is 3.73. The molecule has 4 rings (SSSR count). The molecule has 0 unspecified atom stereocenters. The molecule has 2 N–H and O–H groups in total. The molecule has 0 aliphatic rings. The molecule has 3 heterocycles. The number of thiazole rings is 1. The van der Waals surface area contributed by atoms with E-state index in [1.54, 1.807) is 6.20 Å². The molecule has 0 bridgehead atoms. The Kier molecular flexibility index (Phi) is 5.18. The van der Waals surface area contributed by atoms with Crippen LogP contribution in [0.1, 0.15) is 11.1 Å². The molecule has 0 aliphatic heterocycles. The molecular weight excluding hydrogens is 370 g/mol. The molecular formula is C21H21N5OS. The van der Waals surface area contributed by atoms with Crippen molar-refractivity contribution in [2.24, 2.45) is 0 Å². The Morgan fingerprint density at radius 2 is 1.89 bits per heavy atom.